The summed E-state index contributed by atoms with van der Waals surface area (Å²) < 4.78 is 54.5. The van der Waals surface area contributed by atoms with E-state index in [0.717, 1.165) is 12.3 Å². The summed E-state index contributed by atoms with van der Waals surface area (Å²) in [6, 6.07) is 7.38. The van der Waals surface area contributed by atoms with Crippen LogP contribution in [0.5, 0.6) is 5.75 Å². The second-order valence-corrected chi connectivity index (χ2v) is 6.28. The first kappa shape index (κ1) is 19.2. The number of aliphatic hydroxyl groups is 1. The topological polar surface area (TPSA) is 57.6 Å². The molecule has 27 heavy (non-hydrogen) atoms. The third-order valence-electron chi connectivity index (χ3n) is 4.26. The molecule has 1 aromatic carbocycles. The second kappa shape index (κ2) is 7.99. The van der Waals surface area contributed by atoms with Gasteiger partial charge in [-0.1, -0.05) is 6.07 Å². The number of rotatable bonds is 5. The smallest absolute Gasteiger partial charge is 0.404 e. The Morgan fingerprint density at radius 3 is 2.52 bits per heavy atom. The highest BCUT2D eigenvalue weighted by atomic mass is 19.4. The lowest BCUT2D eigenvalue weighted by molar-refractivity contribution is -0.274. The molecule has 1 aromatic heterocycles. The first-order valence-corrected chi connectivity index (χ1v) is 8.47. The van der Waals surface area contributed by atoms with Gasteiger partial charge in [-0.3, -0.25) is 0 Å². The highest BCUT2D eigenvalue weighted by Gasteiger charge is 2.31. The highest BCUT2D eigenvalue weighted by Crippen LogP contribution is 2.25. The van der Waals surface area contributed by atoms with Gasteiger partial charge in [0.15, 0.2) is 0 Å². The van der Waals surface area contributed by atoms with Crippen molar-refractivity contribution in [1.82, 2.24) is 4.98 Å². The summed E-state index contributed by atoms with van der Waals surface area (Å²) >= 11 is 0. The maximum Gasteiger partial charge on any atom is 0.573 e. The van der Waals surface area contributed by atoms with E-state index in [1.807, 2.05) is 4.90 Å². The van der Waals surface area contributed by atoms with Crippen molar-refractivity contribution < 1.29 is 27.4 Å². The Morgan fingerprint density at radius 2 is 1.93 bits per heavy atom. The number of halogens is 4. The lowest BCUT2D eigenvalue weighted by Crippen LogP contribution is -2.36. The van der Waals surface area contributed by atoms with Crippen molar-refractivity contribution in [3.05, 3.63) is 47.9 Å². The molecule has 0 saturated carbocycles. The van der Waals surface area contributed by atoms with E-state index in [0.29, 0.717) is 43.0 Å². The quantitative estimate of drug-likeness (QED) is 0.769. The number of anilines is 2. The van der Waals surface area contributed by atoms with Gasteiger partial charge >= 0.3 is 6.36 Å². The second-order valence-electron chi connectivity index (χ2n) is 6.28. The molecule has 0 atom stereocenters. The molecule has 0 unspecified atom stereocenters. The number of benzene rings is 1. The first-order chi connectivity index (χ1) is 12.8. The fourth-order valence-electron chi connectivity index (χ4n) is 2.90. The molecule has 1 fully saturated rings. The van der Waals surface area contributed by atoms with E-state index in [1.165, 1.54) is 12.1 Å². The number of aromatic nitrogens is 1. The third-order valence-corrected chi connectivity index (χ3v) is 4.26. The third kappa shape index (κ3) is 5.46. The maximum atomic E-state index is 14.4. The van der Waals surface area contributed by atoms with Crippen molar-refractivity contribution >= 4 is 11.5 Å². The SMILES string of the molecule is OC1CCN(c2ccc(CNc3ccc(OC(F)(F)F)cn3)cc2F)CC1. The Bertz CT molecular complexity index is 760. The Labute approximate surface area is 153 Å². The van der Waals surface area contributed by atoms with Crippen LogP contribution in [0.15, 0.2) is 36.5 Å². The maximum absolute atomic E-state index is 14.4. The molecule has 0 amide bonds. The minimum atomic E-state index is -4.76. The molecule has 0 spiro atoms. The average Bonchev–Trinajstić information content (AvgIpc) is 2.61. The van der Waals surface area contributed by atoms with Gasteiger partial charge in [-0.25, -0.2) is 9.37 Å². The van der Waals surface area contributed by atoms with E-state index >= 15 is 0 Å². The number of hydrogen-bond donors (Lipinski definition) is 2. The van der Waals surface area contributed by atoms with Crippen LogP contribution in [0.2, 0.25) is 0 Å². The molecule has 0 aliphatic carbocycles. The van der Waals surface area contributed by atoms with Crippen LogP contribution in [0.4, 0.5) is 29.1 Å². The van der Waals surface area contributed by atoms with E-state index in [4.69, 9.17) is 0 Å². The van der Waals surface area contributed by atoms with Crippen molar-refractivity contribution in [2.45, 2.75) is 31.9 Å². The Balaban J connectivity index is 1.57. The largest absolute Gasteiger partial charge is 0.573 e. The lowest BCUT2D eigenvalue weighted by Gasteiger charge is -2.31. The Hall–Kier alpha value is -2.55. The van der Waals surface area contributed by atoms with Crippen molar-refractivity contribution in [2.75, 3.05) is 23.3 Å². The normalized spacial score (nSPS) is 15.7. The first-order valence-electron chi connectivity index (χ1n) is 8.47. The van der Waals surface area contributed by atoms with Crippen LogP contribution >= 0.6 is 0 Å². The molecule has 0 radical (unpaired) electrons. The molecule has 9 heteroatoms. The van der Waals surface area contributed by atoms with Crippen LogP contribution in [0.1, 0.15) is 18.4 Å². The number of aliphatic hydroxyl groups excluding tert-OH is 1. The molecule has 2 heterocycles. The van der Waals surface area contributed by atoms with Crippen LogP contribution in [-0.4, -0.2) is 35.6 Å². The summed E-state index contributed by atoms with van der Waals surface area (Å²) in [5.41, 5.74) is 1.17. The zero-order chi connectivity index (χ0) is 19.4. The Kier molecular flexibility index (Phi) is 5.69. The molecule has 1 aliphatic rings. The monoisotopic (exact) mass is 385 g/mol. The molecule has 2 aromatic rings. The number of nitrogens with zero attached hydrogens (tertiary/aromatic N) is 2. The predicted octanol–water partition coefficient (Wildman–Crippen LogP) is 3.69. The van der Waals surface area contributed by atoms with Crippen molar-refractivity contribution in [1.29, 1.82) is 0 Å². The molecule has 3 rings (SSSR count). The molecule has 146 valence electrons. The fraction of sp³-hybridized carbons (Fsp3) is 0.389. The summed E-state index contributed by atoms with van der Waals surface area (Å²) in [6.07, 6.45) is -2.90. The molecule has 5 nitrogen and oxygen atoms in total. The number of alkyl halides is 3. The van der Waals surface area contributed by atoms with Gasteiger partial charge in [-0.15, -0.1) is 13.2 Å². The van der Waals surface area contributed by atoms with Gasteiger partial charge in [0.25, 0.3) is 0 Å². The molecule has 0 bridgehead atoms. The van der Waals surface area contributed by atoms with E-state index in [9.17, 15) is 22.7 Å². The zero-order valence-electron chi connectivity index (χ0n) is 14.3. The number of piperidine rings is 1. The van der Waals surface area contributed by atoms with Crippen LogP contribution in [0.25, 0.3) is 0 Å². The average molecular weight is 385 g/mol. The molecule has 1 saturated heterocycles. The number of ether oxygens (including phenoxy) is 1. The summed E-state index contributed by atoms with van der Waals surface area (Å²) in [7, 11) is 0. The lowest BCUT2D eigenvalue weighted by atomic mass is 10.1. The van der Waals surface area contributed by atoms with Gasteiger partial charge in [-0.2, -0.15) is 0 Å². The van der Waals surface area contributed by atoms with Gasteiger partial charge in [0.2, 0.25) is 0 Å². The van der Waals surface area contributed by atoms with E-state index < -0.39 is 12.1 Å². The van der Waals surface area contributed by atoms with Crippen molar-refractivity contribution in [3.8, 4) is 5.75 Å². The predicted molar refractivity (Wildman–Crippen MR) is 92.1 cm³/mol. The summed E-state index contributed by atoms with van der Waals surface area (Å²) in [5.74, 6) is -0.415. The minimum Gasteiger partial charge on any atom is -0.404 e. The number of hydrogen-bond acceptors (Lipinski definition) is 5. The zero-order valence-corrected chi connectivity index (χ0v) is 14.3. The standard InChI is InChI=1S/C18H19F4N3O2/c19-15-9-12(1-3-16(15)25-7-5-13(26)6-8-25)10-23-17-4-2-14(11-24-17)27-18(20,21)22/h1-4,9,11,13,26H,5-8,10H2,(H,23,24). The van der Waals surface area contributed by atoms with Gasteiger partial charge in [0.1, 0.15) is 17.4 Å². The van der Waals surface area contributed by atoms with Crippen molar-refractivity contribution in [3.63, 3.8) is 0 Å². The van der Waals surface area contributed by atoms with E-state index in [-0.39, 0.29) is 18.5 Å². The van der Waals surface area contributed by atoms with E-state index in [2.05, 4.69) is 15.0 Å². The number of pyridine rings is 1. The van der Waals surface area contributed by atoms with Crippen LogP contribution < -0.4 is 15.0 Å². The van der Waals surface area contributed by atoms with Gasteiger partial charge in [0.05, 0.1) is 18.0 Å². The molecule has 2 N–H and O–H groups in total. The van der Waals surface area contributed by atoms with E-state index in [1.54, 1.807) is 12.1 Å². The van der Waals surface area contributed by atoms with Crippen LogP contribution in [-0.2, 0) is 6.54 Å². The van der Waals surface area contributed by atoms with Gasteiger partial charge in [-0.05, 0) is 42.7 Å². The van der Waals surface area contributed by atoms with Crippen LogP contribution in [0.3, 0.4) is 0 Å². The fourth-order valence-corrected chi connectivity index (χ4v) is 2.90. The molecule has 1 aliphatic heterocycles. The summed E-state index contributed by atoms with van der Waals surface area (Å²) in [6.45, 7) is 1.47. The summed E-state index contributed by atoms with van der Waals surface area (Å²) in [4.78, 5) is 5.74. The molecular formula is C18H19F4N3O2. The van der Waals surface area contributed by atoms with Crippen LogP contribution in [0, 0.1) is 5.82 Å². The number of nitrogens with one attached hydrogen (secondary N) is 1. The highest BCUT2D eigenvalue weighted by molar-refractivity contribution is 5.50. The minimum absolute atomic E-state index is 0.266. The van der Waals surface area contributed by atoms with Gasteiger partial charge < -0.3 is 20.1 Å². The Morgan fingerprint density at radius 1 is 1.19 bits per heavy atom. The van der Waals surface area contributed by atoms with Crippen molar-refractivity contribution in [2.24, 2.45) is 0 Å². The molecular weight excluding hydrogens is 366 g/mol. The summed E-state index contributed by atoms with van der Waals surface area (Å²) in [5, 5.41) is 12.5. The van der Waals surface area contributed by atoms with Gasteiger partial charge in [0, 0.05) is 19.6 Å².